The number of imidazole rings is 1. The van der Waals surface area contributed by atoms with Gasteiger partial charge in [0.1, 0.15) is 11.5 Å². The number of hydrogen-bond acceptors (Lipinski definition) is 2. The zero-order valence-electron chi connectivity index (χ0n) is 12.9. The Labute approximate surface area is 145 Å². The fourth-order valence-electron chi connectivity index (χ4n) is 2.75. The fraction of sp³-hybridized carbons (Fsp3) is 0.0500. The van der Waals surface area contributed by atoms with Crippen LogP contribution in [-0.2, 0) is 6.54 Å². The van der Waals surface area contributed by atoms with Gasteiger partial charge in [0.25, 0.3) is 0 Å². The molecule has 24 heavy (non-hydrogen) atoms. The van der Waals surface area contributed by atoms with E-state index in [1.807, 2.05) is 53.2 Å². The maximum absolute atomic E-state index is 6.23. The maximum atomic E-state index is 6.23. The third-order valence-corrected chi connectivity index (χ3v) is 4.14. The first-order valence-electron chi connectivity index (χ1n) is 7.69. The molecule has 118 valence electrons. The second-order valence-electron chi connectivity index (χ2n) is 5.57. The molecule has 0 fully saturated rings. The van der Waals surface area contributed by atoms with Crippen LogP contribution in [0, 0.1) is 0 Å². The van der Waals surface area contributed by atoms with Crippen LogP contribution < -0.4 is 4.74 Å². The van der Waals surface area contributed by atoms with Crippen molar-refractivity contribution in [1.29, 1.82) is 0 Å². The van der Waals surface area contributed by atoms with Crippen molar-refractivity contribution in [2.24, 2.45) is 0 Å². The lowest BCUT2D eigenvalue weighted by molar-refractivity contribution is 0.479. The first-order valence-corrected chi connectivity index (χ1v) is 8.07. The fourth-order valence-corrected chi connectivity index (χ4v) is 2.95. The Kier molecular flexibility index (Phi) is 3.93. The normalized spacial score (nSPS) is 10.9. The highest BCUT2D eigenvalue weighted by Crippen LogP contribution is 2.33. The van der Waals surface area contributed by atoms with Crippen molar-refractivity contribution in [2.75, 3.05) is 0 Å². The van der Waals surface area contributed by atoms with Gasteiger partial charge >= 0.3 is 0 Å². The summed E-state index contributed by atoms with van der Waals surface area (Å²) in [5, 5.41) is 2.93. The molecule has 4 aromatic rings. The first kappa shape index (κ1) is 14.8. The van der Waals surface area contributed by atoms with Gasteiger partial charge in [0.15, 0.2) is 0 Å². The van der Waals surface area contributed by atoms with E-state index < -0.39 is 0 Å². The molecule has 0 N–H and O–H groups in total. The minimum Gasteiger partial charge on any atom is -0.456 e. The van der Waals surface area contributed by atoms with Crippen LogP contribution in [0.1, 0.15) is 5.56 Å². The smallest absolute Gasteiger partial charge is 0.135 e. The molecule has 0 aliphatic rings. The Hall–Kier alpha value is -2.78. The van der Waals surface area contributed by atoms with Gasteiger partial charge in [0.05, 0.1) is 12.9 Å². The van der Waals surface area contributed by atoms with Gasteiger partial charge in [-0.25, -0.2) is 4.98 Å². The lowest BCUT2D eigenvalue weighted by Gasteiger charge is -2.14. The van der Waals surface area contributed by atoms with Gasteiger partial charge in [-0.05, 0) is 29.7 Å². The predicted molar refractivity (Wildman–Crippen MR) is 96.8 cm³/mol. The summed E-state index contributed by atoms with van der Waals surface area (Å²) in [7, 11) is 0. The molecule has 3 aromatic carbocycles. The van der Waals surface area contributed by atoms with Gasteiger partial charge in [0.2, 0.25) is 0 Å². The number of aromatic nitrogens is 2. The van der Waals surface area contributed by atoms with E-state index >= 15 is 0 Å². The van der Waals surface area contributed by atoms with E-state index in [-0.39, 0.29) is 0 Å². The summed E-state index contributed by atoms with van der Waals surface area (Å²) >= 11 is 6.17. The lowest BCUT2D eigenvalue weighted by atomic mass is 10.1. The van der Waals surface area contributed by atoms with Crippen molar-refractivity contribution in [3.05, 3.63) is 90.0 Å². The second-order valence-corrected chi connectivity index (χ2v) is 6.00. The Morgan fingerprint density at radius 1 is 0.958 bits per heavy atom. The highest BCUT2D eigenvalue weighted by atomic mass is 35.5. The molecule has 0 bridgehead atoms. The molecule has 0 amide bonds. The van der Waals surface area contributed by atoms with E-state index in [9.17, 15) is 0 Å². The number of nitrogens with zero attached hydrogens (tertiary/aromatic N) is 2. The average molecular weight is 335 g/mol. The molecule has 4 heteroatoms. The molecule has 4 rings (SSSR count). The summed E-state index contributed by atoms with van der Waals surface area (Å²) in [6, 6.07) is 19.9. The zero-order chi connectivity index (χ0) is 16.4. The summed E-state index contributed by atoms with van der Waals surface area (Å²) in [6.07, 6.45) is 5.46. The summed E-state index contributed by atoms with van der Waals surface area (Å²) in [4.78, 5) is 4.08. The molecule has 1 aromatic heterocycles. The molecule has 1 heterocycles. The minimum absolute atomic E-state index is 0.653. The molecule has 3 nitrogen and oxygen atoms in total. The maximum Gasteiger partial charge on any atom is 0.135 e. The Bertz CT molecular complexity index is 975. The van der Waals surface area contributed by atoms with E-state index in [1.165, 1.54) is 0 Å². The quantitative estimate of drug-likeness (QED) is 0.490. The van der Waals surface area contributed by atoms with Crippen molar-refractivity contribution in [3.8, 4) is 11.5 Å². The molecule has 0 unspecified atom stereocenters. The van der Waals surface area contributed by atoms with Gasteiger partial charge in [-0.3, -0.25) is 0 Å². The van der Waals surface area contributed by atoms with E-state index in [2.05, 4.69) is 23.2 Å². The minimum atomic E-state index is 0.653. The number of ether oxygens (including phenoxy) is 1. The molecule has 0 spiro atoms. The van der Waals surface area contributed by atoms with E-state index in [4.69, 9.17) is 16.3 Å². The van der Waals surface area contributed by atoms with Gasteiger partial charge in [-0.2, -0.15) is 0 Å². The number of fused-ring (bicyclic) bond motifs is 1. The SMILES string of the molecule is Clc1ccc(Oc2cccc3ccccc23)c(Cn2ccnc2)c1. The second kappa shape index (κ2) is 6.38. The lowest BCUT2D eigenvalue weighted by Crippen LogP contribution is -1.99. The topological polar surface area (TPSA) is 27.1 Å². The first-order chi connectivity index (χ1) is 11.8. The number of benzene rings is 3. The molecular formula is C20H15ClN2O. The van der Waals surface area contributed by atoms with E-state index in [0.717, 1.165) is 27.8 Å². The van der Waals surface area contributed by atoms with Crippen LogP contribution in [0.3, 0.4) is 0 Å². The van der Waals surface area contributed by atoms with Crippen LogP contribution in [0.25, 0.3) is 10.8 Å². The molecule has 0 aliphatic heterocycles. The molecular weight excluding hydrogens is 320 g/mol. The number of hydrogen-bond donors (Lipinski definition) is 0. The van der Waals surface area contributed by atoms with Crippen molar-refractivity contribution in [3.63, 3.8) is 0 Å². The number of rotatable bonds is 4. The van der Waals surface area contributed by atoms with Gasteiger partial charge < -0.3 is 9.30 Å². The van der Waals surface area contributed by atoms with Crippen LogP contribution in [0.15, 0.2) is 79.4 Å². The van der Waals surface area contributed by atoms with Crippen LogP contribution in [0.5, 0.6) is 11.5 Å². The van der Waals surface area contributed by atoms with Crippen LogP contribution in [0.4, 0.5) is 0 Å². The van der Waals surface area contributed by atoms with E-state index in [0.29, 0.717) is 11.6 Å². The Morgan fingerprint density at radius 2 is 1.83 bits per heavy atom. The highest BCUT2D eigenvalue weighted by Gasteiger charge is 2.09. The summed E-state index contributed by atoms with van der Waals surface area (Å²) in [6.45, 7) is 0.653. The van der Waals surface area contributed by atoms with Gasteiger partial charge in [-0.1, -0.05) is 48.0 Å². The van der Waals surface area contributed by atoms with Crippen molar-refractivity contribution < 1.29 is 4.74 Å². The Morgan fingerprint density at radius 3 is 2.71 bits per heavy atom. The standard InChI is InChI=1S/C20H15ClN2O/c21-17-8-9-19(16(12-17)13-23-11-10-22-14-23)24-20-7-3-5-15-4-1-2-6-18(15)20/h1-12,14H,13H2. The Balaban J connectivity index is 1.73. The highest BCUT2D eigenvalue weighted by molar-refractivity contribution is 6.30. The van der Waals surface area contributed by atoms with Crippen molar-refractivity contribution >= 4 is 22.4 Å². The third kappa shape index (κ3) is 2.99. The molecule has 0 aliphatic carbocycles. The monoisotopic (exact) mass is 334 g/mol. The molecule has 0 saturated carbocycles. The average Bonchev–Trinajstić information content (AvgIpc) is 3.11. The summed E-state index contributed by atoms with van der Waals surface area (Å²) in [5.41, 5.74) is 1.01. The zero-order valence-corrected chi connectivity index (χ0v) is 13.6. The van der Waals surface area contributed by atoms with Crippen LogP contribution in [-0.4, -0.2) is 9.55 Å². The van der Waals surface area contributed by atoms with Gasteiger partial charge in [-0.15, -0.1) is 0 Å². The number of halogens is 1. The van der Waals surface area contributed by atoms with Crippen molar-refractivity contribution in [1.82, 2.24) is 9.55 Å². The molecule has 0 saturated heterocycles. The van der Waals surface area contributed by atoms with Crippen LogP contribution in [0.2, 0.25) is 5.02 Å². The van der Waals surface area contributed by atoms with Gasteiger partial charge in [0, 0.05) is 28.4 Å². The molecule has 0 atom stereocenters. The predicted octanol–water partition coefficient (Wildman–Crippen LogP) is 5.53. The third-order valence-electron chi connectivity index (χ3n) is 3.90. The van der Waals surface area contributed by atoms with Crippen molar-refractivity contribution in [2.45, 2.75) is 6.54 Å². The van der Waals surface area contributed by atoms with E-state index in [1.54, 1.807) is 12.5 Å². The van der Waals surface area contributed by atoms with Crippen LogP contribution >= 0.6 is 11.6 Å². The summed E-state index contributed by atoms with van der Waals surface area (Å²) < 4.78 is 8.22. The molecule has 0 radical (unpaired) electrons. The summed E-state index contributed by atoms with van der Waals surface area (Å²) in [5.74, 6) is 1.63. The largest absolute Gasteiger partial charge is 0.456 e.